The average molecular weight is 425 g/mol. The molecule has 0 bridgehead atoms. The minimum Gasteiger partial charge on any atom is -0.379 e. The maximum Gasteiger partial charge on any atom is 0.283 e. The molecule has 2 aliphatic rings. The summed E-state index contributed by atoms with van der Waals surface area (Å²) in [5.41, 5.74) is 1.85. The molecule has 1 saturated heterocycles. The van der Waals surface area contributed by atoms with Gasteiger partial charge < -0.3 is 10.1 Å². The van der Waals surface area contributed by atoms with Crippen LogP contribution >= 0.6 is 11.6 Å². The van der Waals surface area contributed by atoms with Crippen LogP contribution in [0.5, 0.6) is 0 Å². The average Bonchev–Trinajstić information content (AvgIpc) is 3.46. The fourth-order valence-electron chi connectivity index (χ4n) is 3.58. The minimum absolute atomic E-state index is 0.0113. The number of morpholine rings is 1. The Morgan fingerprint density at radius 2 is 2.07 bits per heavy atom. The molecule has 1 saturated carbocycles. The number of carbonyl (C=O) groups excluding carboxylic acids is 1. The fourth-order valence-corrected chi connectivity index (χ4v) is 3.95. The molecule has 2 aromatic rings. The highest BCUT2D eigenvalue weighted by Gasteiger charge is 2.34. The van der Waals surface area contributed by atoms with E-state index in [2.05, 4.69) is 15.3 Å². The maximum atomic E-state index is 13.2. The lowest BCUT2D eigenvalue weighted by molar-refractivity contribution is -0.117. The number of hydrogen-bond donors (Lipinski definition) is 1. The number of carbonyl (C=O) groups is 1. The molecule has 1 aliphatic carbocycles. The number of alkyl halides is 2. The number of halogens is 3. The summed E-state index contributed by atoms with van der Waals surface area (Å²) in [5.74, 6) is -0.220. The van der Waals surface area contributed by atoms with E-state index in [1.807, 2.05) is 24.3 Å². The summed E-state index contributed by atoms with van der Waals surface area (Å²) >= 11 is 6.11. The van der Waals surface area contributed by atoms with E-state index in [1.165, 1.54) is 4.68 Å². The zero-order chi connectivity index (χ0) is 20.4. The second-order valence-corrected chi connectivity index (χ2v) is 7.83. The van der Waals surface area contributed by atoms with Crippen LogP contribution < -0.4 is 5.32 Å². The lowest BCUT2D eigenvalue weighted by Gasteiger charge is -2.26. The van der Waals surface area contributed by atoms with E-state index in [0.29, 0.717) is 11.4 Å². The summed E-state index contributed by atoms with van der Waals surface area (Å²) < 4.78 is 33.0. The lowest BCUT2D eigenvalue weighted by atomic mass is 10.2. The highest BCUT2D eigenvalue weighted by molar-refractivity contribution is 6.32. The quantitative estimate of drug-likeness (QED) is 0.734. The molecule has 0 atom stereocenters. The zero-order valence-electron chi connectivity index (χ0n) is 15.9. The molecule has 2 fully saturated rings. The van der Waals surface area contributed by atoms with Crippen molar-refractivity contribution in [1.82, 2.24) is 14.7 Å². The summed E-state index contributed by atoms with van der Waals surface area (Å²) in [6, 6.07) is 7.64. The number of ether oxygens (including phenoxy) is 1. The van der Waals surface area contributed by atoms with Gasteiger partial charge in [0.1, 0.15) is 12.2 Å². The molecule has 0 spiro atoms. The van der Waals surface area contributed by atoms with Crippen molar-refractivity contribution in [1.29, 1.82) is 0 Å². The molecule has 1 aromatic carbocycles. The van der Waals surface area contributed by atoms with Gasteiger partial charge in [-0.15, -0.1) is 0 Å². The van der Waals surface area contributed by atoms with Crippen molar-refractivity contribution in [2.45, 2.75) is 38.3 Å². The van der Waals surface area contributed by atoms with Gasteiger partial charge in [-0.1, -0.05) is 23.7 Å². The third kappa shape index (κ3) is 4.94. The number of aromatic nitrogens is 2. The number of benzene rings is 1. The van der Waals surface area contributed by atoms with Crippen LogP contribution in [0.2, 0.25) is 5.02 Å². The van der Waals surface area contributed by atoms with E-state index in [0.717, 1.165) is 51.3 Å². The van der Waals surface area contributed by atoms with Crippen molar-refractivity contribution in [3.05, 3.63) is 46.2 Å². The van der Waals surface area contributed by atoms with Crippen LogP contribution in [0.25, 0.3) is 0 Å². The number of nitrogens with zero attached hydrogens (tertiary/aromatic N) is 3. The van der Waals surface area contributed by atoms with E-state index in [-0.39, 0.29) is 23.4 Å². The zero-order valence-corrected chi connectivity index (χ0v) is 16.7. The van der Waals surface area contributed by atoms with Crippen molar-refractivity contribution in [3.8, 4) is 0 Å². The molecule has 1 aromatic heterocycles. The van der Waals surface area contributed by atoms with E-state index in [4.69, 9.17) is 16.3 Å². The van der Waals surface area contributed by atoms with E-state index < -0.39 is 12.1 Å². The van der Waals surface area contributed by atoms with Crippen LogP contribution in [0.4, 0.5) is 14.5 Å². The van der Waals surface area contributed by atoms with Crippen molar-refractivity contribution in [2.75, 3.05) is 31.6 Å². The van der Waals surface area contributed by atoms with Gasteiger partial charge in [-0.2, -0.15) is 5.10 Å². The molecule has 4 rings (SSSR count). The Balaban J connectivity index is 1.42. The molecule has 0 unspecified atom stereocenters. The van der Waals surface area contributed by atoms with Gasteiger partial charge in [0.15, 0.2) is 0 Å². The number of hydrogen-bond acceptors (Lipinski definition) is 4. The first-order valence-corrected chi connectivity index (χ1v) is 10.1. The number of anilines is 1. The van der Waals surface area contributed by atoms with Crippen molar-refractivity contribution < 1.29 is 18.3 Å². The largest absolute Gasteiger partial charge is 0.379 e. The van der Waals surface area contributed by atoms with E-state index >= 15 is 0 Å². The normalized spacial score (nSPS) is 17.7. The Morgan fingerprint density at radius 1 is 1.31 bits per heavy atom. The first-order valence-electron chi connectivity index (χ1n) is 9.74. The SMILES string of the molecule is O=C(Cn1nc(C(F)F)c(Cl)c1C1CC1)Nc1cccc(CN2CCOCC2)c1. The highest BCUT2D eigenvalue weighted by Crippen LogP contribution is 2.45. The molecule has 0 radical (unpaired) electrons. The predicted molar refractivity (Wildman–Crippen MR) is 105 cm³/mol. The second-order valence-electron chi connectivity index (χ2n) is 7.45. The molecule has 1 aliphatic heterocycles. The third-order valence-electron chi connectivity index (χ3n) is 5.14. The van der Waals surface area contributed by atoms with Crippen LogP contribution in [0, 0.1) is 0 Å². The topological polar surface area (TPSA) is 59.4 Å². The van der Waals surface area contributed by atoms with Gasteiger partial charge in [0.25, 0.3) is 6.43 Å². The van der Waals surface area contributed by atoms with E-state index in [1.54, 1.807) is 0 Å². The summed E-state index contributed by atoms with van der Waals surface area (Å²) in [6.07, 6.45) is -1.01. The van der Waals surface area contributed by atoms with Gasteiger partial charge in [-0.3, -0.25) is 14.4 Å². The molecule has 1 amide bonds. The molecule has 29 heavy (non-hydrogen) atoms. The first-order chi connectivity index (χ1) is 14.0. The number of rotatable bonds is 7. The molecule has 9 heteroatoms. The van der Waals surface area contributed by atoms with Gasteiger partial charge in [-0.25, -0.2) is 8.78 Å². The lowest BCUT2D eigenvalue weighted by Crippen LogP contribution is -2.35. The molecular formula is C20H23ClF2N4O2. The Morgan fingerprint density at radius 3 is 2.76 bits per heavy atom. The Hall–Kier alpha value is -2.03. The Labute approximate surface area is 172 Å². The van der Waals surface area contributed by atoms with Crippen molar-refractivity contribution >= 4 is 23.2 Å². The maximum absolute atomic E-state index is 13.2. The standard InChI is InChI=1S/C20H23ClF2N4O2/c21-17-18(20(22)23)25-27(19(17)14-4-5-14)12-16(28)24-15-3-1-2-13(10-15)11-26-6-8-29-9-7-26/h1-3,10,14,20H,4-9,11-12H2,(H,24,28). The summed E-state index contributed by atoms with van der Waals surface area (Å²) in [6.45, 7) is 3.86. The minimum atomic E-state index is -2.76. The van der Waals surface area contributed by atoms with Crippen LogP contribution in [0.15, 0.2) is 24.3 Å². The Kier molecular flexibility index (Phi) is 6.12. The van der Waals surface area contributed by atoms with Crippen LogP contribution in [0.3, 0.4) is 0 Å². The van der Waals surface area contributed by atoms with Gasteiger partial charge >= 0.3 is 0 Å². The molecule has 6 nitrogen and oxygen atoms in total. The van der Waals surface area contributed by atoms with Gasteiger partial charge in [0, 0.05) is 31.2 Å². The second kappa shape index (κ2) is 8.77. The third-order valence-corrected chi connectivity index (χ3v) is 5.53. The van der Waals surface area contributed by atoms with Gasteiger partial charge in [0.05, 0.1) is 23.9 Å². The summed E-state index contributed by atoms with van der Waals surface area (Å²) in [5, 5.41) is 6.73. The van der Waals surface area contributed by atoms with Crippen LogP contribution in [0.1, 0.15) is 42.1 Å². The van der Waals surface area contributed by atoms with Gasteiger partial charge in [0.2, 0.25) is 5.91 Å². The fraction of sp³-hybridized carbons (Fsp3) is 0.500. The van der Waals surface area contributed by atoms with Crippen molar-refractivity contribution in [2.24, 2.45) is 0 Å². The summed E-state index contributed by atoms with van der Waals surface area (Å²) in [7, 11) is 0. The molecular weight excluding hydrogens is 402 g/mol. The number of nitrogens with one attached hydrogen (secondary N) is 1. The highest BCUT2D eigenvalue weighted by atomic mass is 35.5. The number of amides is 1. The van der Waals surface area contributed by atoms with Crippen LogP contribution in [-0.4, -0.2) is 46.9 Å². The first kappa shape index (κ1) is 20.3. The summed E-state index contributed by atoms with van der Waals surface area (Å²) in [4.78, 5) is 14.8. The van der Waals surface area contributed by atoms with E-state index in [9.17, 15) is 13.6 Å². The molecule has 156 valence electrons. The van der Waals surface area contributed by atoms with Crippen LogP contribution in [-0.2, 0) is 22.6 Å². The van der Waals surface area contributed by atoms with Gasteiger partial charge in [-0.05, 0) is 30.5 Å². The molecule has 2 heterocycles. The molecule has 1 N–H and O–H groups in total. The monoisotopic (exact) mass is 424 g/mol. The van der Waals surface area contributed by atoms with Crippen molar-refractivity contribution in [3.63, 3.8) is 0 Å². The Bertz CT molecular complexity index is 879. The predicted octanol–water partition coefficient (Wildman–Crippen LogP) is 3.82. The smallest absolute Gasteiger partial charge is 0.283 e.